The third kappa shape index (κ3) is 3.53. The van der Waals surface area contributed by atoms with Crippen LogP contribution < -0.4 is 5.32 Å². The molecule has 6 heteroatoms. The van der Waals surface area contributed by atoms with Gasteiger partial charge in [-0.3, -0.25) is 9.78 Å². The lowest BCUT2D eigenvalue weighted by Crippen LogP contribution is -2.22. The number of alkyl halides is 3. The zero-order valence-corrected chi connectivity index (χ0v) is 14.6. The van der Waals surface area contributed by atoms with Gasteiger partial charge in [0.25, 0.3) is 5.91 Å². The lowest BCUT2D eigenvalue weighted by atomic mass is 10.0. The van der Waals surface area contributed by atoms with E-state index in [9.17, 15) is 18.0 Å². The summed E-state index contributed by atoms with van der Waals surface area (Å²) in [6, 6.07) is 15.8. The Bertz CT molecular complexity index is 1180. The maximum Gasteiger partial charge on any atom is 0.416 e. The van der Waals surface area contributed by atoms with E-state index in [1.807, 2.05) is 24.3 Å². The van der Waals surface area contributed by atoms with Crippen LogP contribution in [0.2, 0.25) is 0 Å². The lowest BCUT2D eigenvalue weighted by molar-refractivity contribution is -0.137. The van der Waals surface area contributed by atoms with Gasteiger partial charge >= 0.3 is 6.18 Å². The smallest absolute Gasteiger partial charge is 0.348 e. The second-order valence-corrected chi connectivity index (χ2v) is 6.47. The number of aromatic nitrogens is 1. The van der Waals surface area contributed by atoms with Crippen molar-refractivity contribution in [3.05, 3.63) is 89.7 Å². The molecule has 0 spiro atoms. The second kappa shape index (κ2) is 6.96. The number of nitrogens with one attached hydrogen (secondary N) is 1. The summed E-state index contributed by atoms with van der Waals surface area (Å²) < 4.78 is 38.5. The molecule has 3 nitrogen and oxygen atoms in total. The van der Waals surface area contributed by atoms with Gasteiger partial charge in [0.2, 0.25) is 0 Å². The van der Waals surface area contributed by atoms with Crippen LogP contribution in [-0.2, 0) is 12.7 Å². The van der Waals surface area contributed by atoms with Gasteiger partial charge < -0.3 is 5.32 Å². The molecule has 0 saturated carbocycles. The molecule has 1 heterocycles. The first-order valence-electron chi connectivity index (χ1n) is 8.63. The summed E-state index contributed by atoms with van der Waals surface area (Å²) >= 11 is 0. The highest BCUT2D eigenvalue weighted by Gasteiger charge is 2.30. The van der Waals surface area contributed by atoms with Crippen molar-refractivity contribution in [2.24, 2.45) is 0 Å². The normalized spacial score (nSPS) is 11.7. The molecule has 1 N–H and O–H groups in total. The molecule has 0 saturated heterocycles. The van der Waals surface area contributed by atoms with Crippen molar-refractivity contribution in [1.29, 1.82) is 0 Å². The Kier molecular flexibility index (Phi) is 4.47. The van der Waals surface area contributed by atoms with E-state index in [-0.39, 0.29) is 5.91 Å². The molecular weight excluding hydrogens is 365 g/mol. The first kappa shape index (κ1) is 18.0. The van der Waals surface area contributed by atoms with Gasteiger partial charge in [-0.15, -0.1) is 0 Å². The van der Waals surface area contributed by atoms with Gasteiger partial charge in [0.1, 0.15) is 0 Å². The molecule has 4 aromatic rings. The maximum absolute atomic E-state index is 12.8. The highest BCUT2D eigenvalue weighted by atomic mass is 19.4. The van der Waals surface area contributed by atoms with Crippen molar-refractivity contribution in [3.63, 3.8) is 0 Å². The molecule has 1 aromatic heterocycles. The number of nitrogens with zero attached hydrogens (tertiary/aromatic N) is 1. The molecule has 0 radical (unpaired) electrons. The SMILES string of the molecule is O=C(NCc1cccc2cnccc12)c1ccc2cc(C(F)(F)F)ccc2c1. The molecule has 0 aliphatic carbocycles. The standard InChI is InChI=1S/C22H15F3N2O/c23-22(24,25)19-7-6-14-10-16(5-4-15(14)11-19)21(28)27-13-18-3-1-2-17-12-26-9-8-20(17)18/h1-12H,13H2,(H,27,28). The monoisotopic (exact) mass is 380 g/mol. The minimum Gasteiger partial charge on any atom is -0.348 e. The molecule has 3 aromatic carbocycles. The third-order valence-electron chi connectivity index (χ3n) is 4.64. The van der Waals surface area contributed by atoms with Crippen molar-refractivity contribution in [2.45, 2.75) is 12.7 Å². The zero-order chi connectivity index (χ0) is 19.7. The summed E-state index contributed by atoms with van der Waals surface area (Å²) in [6.45, 7) is 0.339. The van der Waals surface area contributed by atoms with Gasteiger partial charge in [-0.1, -0.05) is 30.3 Å². The second-order valence-electron chi connectivity index (χ2n) is 6.47. The predicted molar refractivity (Wildman–Crippen MR) is 102 cm³/mol. The fourth-order valence-corrected chi connectivity index (χ4v) is 3.18. The van der Waals surface area contributed by atoms with Crippen LogP contribution in [0, 0.1) is 0 Å². The predicted octanol–water partition coefficient (Wildman–Crippen LogP) is 5.34. The molecule has 0 aliphatic rings. The Balaban J connectivity index is 1.55. The highest BCUT2D eigenvalue weighted by molar-refractivity contribution is 5.99. The summed E-state index contributed by atoms with van der Waals surface area (Å²) in [5, 5.41) is 5.88. The Hall–Kier alpha value is -3.41. The van der Waals surface area contributed by atoms with Gasteiger partial charge in [0, 0.05) is 29.9 Å². The van der Waals surface area contributed by atoms with Crippen molar-refractivity contribution in [1.82, 2.24) is 10.3 Å². The van der Waals surface area contributed by atoms with Crippen molar-refractivity contribution < 1.29 is 18.0 Å². The molecule has 140 valence electrons. The number of pyridine rings is 1. The fraction of sp³-hybridized carbons (Fsp3) is 0.0909. The van der Waals surface area contributed by atoms with Crippen LogP contribution in [0.4, 0.5) is 13.2 Å². The quantitative estimate of drug-likeness (QED) is 0.522. The summed E-state index contributed by atoms with van der Waals surface area (Å²) in [5.41, 5.74) is 0.653. The van der Waals surface area contributed by atoms with Crippen LogP contribution in [0.15, 0.2) is 73.1 Å². The van der Waals surface area contributed by atoms with E-state index in [2.05, 4.69) is 10.3 Å². The largest absolute Gasteiger partial charge is 0.416 e. The summed E-state index contributed by atoms with van der Waals surface area (Å²) in [7, 11) is 0. The fourth-order valence-electron chi connectivity index (χ4n) is 3.18. The van der Waals surface area contributed by atoms with Gasteiger partial charge in [-0.25, -0.2) is 0 Å². The minimum absolute atomic E-state index is 0.284. The van der Waals surface area contributed by atoms with Crippen molar-refractivity contribution >= 4 is 27.5 Å². The molecule has 1 amide bonds. The number of hydrogen-bond acceptors (Lipinski definition) is 2. The van der Waals surface area contributed by atoms with E-state index >= 15 is 0 Å². The number of rotatable bonds is 3. The molecule has 0 bridgehead atoms. The molecule has 0 aliphatic heterocycles. The summed E-state index contributed by atoms with van der Waals surface area (Å²) in [5.74, 6) is -0.284. The third-order valence-corrected chi connectivity index (χ3v) is 4.64. The number of benzene rings is 3. The number of fused-ring (bicyclic) bond motifs is 2. The van der Waals surface area contributed by atoms with Crippen molar-refractivity contribution in [3.8, 4) is 0 Å². The number of carbonyl (C=O) groups excluding carboxylic acids is 1. The van der Waals surface area contributed by atoms with Crippen molar-refractivity contribution in [2.75, 3.05) is 0 Å². The zero-order valence-electron chi connectivity index (χ0n) is 14.6. The van der Waals surface area contributed by atoms with E-state index in [1.165, 1.54) is 18.2 Å². The molecule has 0 atom stereocenters. The van der Waals surface area contributed by atoms with Crippen LogP contribution in [0.25, 0.3) is 21.5 Å². The topological polar surface area (TPSA) is 42.0 Å². The minimum atomic E-state index is -4.39. The van der Waals surface area contributed by atoms with E-state index < -0.39 is 11.7 Å². The summed E-state index contributed by atoms with van der Waals surface area (Å²) in [4.78, 5) is 16.6. The van der Waals surface area contributed by atoms with Crippen LogP contribution in [0.5, 0.6) is 0 Å². The van der Waals surface area contributed by atoms with E-state index in [0.717, 1.165) is 28.5 Å². The Morgan fingerprint density at radius 2 is 1.71 bits per heavy atom. The van der Waals surface area contributed by atoms with Crippen LogP contribution in [0.3, 0.4) is 0 Å². The molecule has 28 heavy (non-hydrogen) atoms. The molecule has 4 rings (SSSR count). The average molecular weight is 380 g/mol. The number of amides is 1. The van der Waals surface area contributed by atoms with Crippen LogP contribution in [-0.4, -0.2) is 10.9 Å². The Labute approximate surface area is 158 Å². The average Bonchev–Trinajstić information content (AvgIpc) is 2.70. The van der Waals surface area contributed by atoms with E-state index in [1.54, 1.807) is 18.5 Å². The van der Waals surface area contributed by atoms with Gasteiger partial charge in [0.05, 0.1) is 5.56 Å². The summed E-state index contributed by atoms with van der Waals surface area (Å²) in [6.07, 6.45) is -0.927. The first-order valence-corrected chi connectivity index (χ1v) is 8.63. The Morgan fingerprint density at radius 3 is 2.54 bits per heavy atom. The highest BCUT2D eigenvalue weighted by Crippen LogP contribution is 2.31. The lowest BCUT2D eigenvalue weighted by Gasteiger charge is -2.10. The maximum atomic E-state index is 12.8. The number of hydrogen-bond donors (Lipinski definition) is 1. The van der Waals surface area contributed by atoms with E-state index in [0.29, 0.717) is 22.9 Å². The molecular formula is C22H15F3N2O. The first-order chi connectivity index (χ1) is 13.4. The molecule has 0 fully saturated rings. The van der Waals surface area contributed by atoms with E-state index in [4.69, 9.17) is 0 Å². The number of halogens is 3. The molecule has 0 unspecified atom stereocenters. The van der Waals surface area contributed by atoms with Crippen LogP contribution in [0.1, 0.15) is 21.5 Å². The van der Waals surface area contributed by atoms with Gasteiger partial charge in [-0.05, 0) is 52.1 Å². The number of carbonyl (C=O) groups is 1. The van der Waals surface area contributed by atoms with Gasteiger partial charge in [-0.2, -0.15) is 13.2 Å². The van der Waals surface area contributed by atoms with Crippen LogP contribution >= 0.6 is 0 Å². The Morgan fingerprint density at radius 1 is 0.929 bits per heavy atom. The van der Waals surface area contributed by atoms with Gasteiger partial charge in [0.15, 0.2) is 0 Å².